The Kier molecular flexibility index (Phi) is 3.60. The van der Waals surface area contributed by atoms with Crippen molar-refractivity contribution in [2.75, 3.05) is 6.54 Å². The van der Waals surface area contributed by atoms with Gasteiger partial charge in [-0.15, -0.1) is 11.3 Å². The third kappa shape index (κ3) is 2.57. The fourth-order valence-corrected chi connectivity index (χ4v) is 3.04. The number of thiophene rings is 1. The number of rotatable bonds is 4. The van der Waals surface area contributed by atoms with E-state index in [0.29, 0.717) is 12.0 Å². The van der Waals surface area contributed by atoms with E-state index in [0.717, 1.165) is 26.0 Å². The van der Waals surface area contributed by atoms with Crippen LogP contribution in [0, 0.1) is 5.92 Å². The molecule has 1 aliphatic carbocycles. The van der Waals surface area contributed by atoms with Crippen LogP contribution in [0.4, 0.5) is 0 Å². The van der Waals surface area contributed by atoms with Gasteiger partial charge in [-0.2, -0.15) is 0 Å². The molecule has 0 spiro atoms. The molecule has 1 aromatic heterocycles. The van der Waals surface area contributed by atoms with Gasteiger partial charge in [0.15, 0.2) is 0 Å². The van der Waals surface area contributed by atoms with E-state index in [1.807, 2.05) is 0 Å². The minimum atomic E-state index is 0.449. The zero-order valence-corrected chi connectivity index (χ0v) is 10.3. The number of halogens is 1. The smallest absolute Gasteiger partial charge is 0.0813 e. The summed E-state index contributed by atoms with van der Waals surface area (Å²) in [6.07, 6.45) is 2.73. The average Bonchev–Trinajstić information content (AvgIpc) is 2.49. The van der Waals surface area contributed by atoms with Crippen molar-refractivity contribution in [3.05, 3.63) is 20.8 Å². The SMILES string of the molecule is NCC1CC(OCc2ccc(Br)s2)C1. The van der Waals surface area contributed by atoms with Gasteiger partial charge in [-0.3, -0.25) is 0 Å². The van der Waals surface area contributed by atoms with Crippen molar-refractivity contribution in [3.63, 3.8) is 0 Å². The van der Waals surface area contributed by atoms with Crippen molar-refractivity contribution < 1.29 is 4.74 Å². The number of hydrogen-bond acceptors (Lipinski definition) is 3. The third-order valence-electron chi connectivity index (χ3n) is 2.62. The minimum absolute atomic E-state index is 0.449. The highest BCUT2D eigenvalue weighted by atomic mass is 79.9. The fourth-order valence-electron chi connectivity index (χ4n) is 1.63. The molecule has 0 atom stereocenters. The summed E-state index contributed by atoms with van der Waals surface area (Å²) in [5.74, 6) is 0.704. The zero-order chi connectivity index (χ0) is 9.97. The van der Waals surface area contributed by atoms with Crippen LogP contribution in [0.25, 0.3) is 0 Å². The molecule has 0 saturated heterocycles. The highest BCUT2D eigenvalue weighted by Crippen LogP contribution is 2.30. The molecule has 0 bridgehead atoms. The van der Waals surface area contributed by atoms with Crippen molar-refractivity contribution >= 4 is 27.3 Å². The molecule has 4 heteroatoms. The van der Waals surface area contributed by atoms with Gasteiger partial charge in [0, 0.05) is 4.88 Å². The first kappa shape index (κ1) is 10.6. The standard InChI is InChI=1S/C10H14BrNOS/c11-10-2-1-9(14-10)6-13-8-3-7(4-8)5-12/h1-2,7-8H,3-6,12H2. The van der Waals surface area contributed by atoms with E-state index in [-0.39, 0.29) is 0 Å². The molecular weight excluding hydrogens is 262 g/mol. The Morgan fingerprint density at radius 3 is 2.86 bits per heavy atom. The van der Waals surface area contributed by atoms with Crippen molar-refractivity contribution in [3.8, 4) is 0 Å². The molecule has 2 N–H and O–H groups in total. The predicted octanol–water partition coefficient (Wildman–Crippen LogP) is 2.76. The Labute approximate surface area is 96.6 Å². The molecule has 1 fully saturated rings. The summed E-state index contributed by atoms with van der Waals surface area (Å²) >= 11 is 5.18. The molecule has 1 heterocycles. The molecule has 2 nitrogen and oxygen atoms in total. The molecule has 0 aromatic carbocycles. The Morgan fingerprint density at radius 1 is 1.50 bits per heavy atom. The third-order valence-corrected chi connectivity index (χ3v) is 4.21. The molecule has 1 aliphatic rings. The van der Waals surface area contributed by atoms with Crippen LogP contribution in [0.5, 0.6) is 0 Å². The van der Waals surface area contributed by atoms with E-state index in [9.17, 15) is 0 Å². The zero-order valence-electron chi connectivity index (χ0n) is 7.91. The van der Waals surface area contributed by atoms with Gasteiger partial charge >= 0.3 is 0 Å². The molecular formula is C10H14BrNOS. The first-order chi connectivity index (χ1) is 6.78. The van der Waals surface area contributed by atoms with Gasteiger partial charge in [0.05, 0.1) is 16.5 Å². The first-order valence-electron chi connectivity index (χ1n) is 4.84. The maximum absolute atomic E-state index is 5.74. The number of ether oxygens (including phenoxy) is 1. The van der Waals surface area contributed by atoms with Crippen molar-refractivity contribution in [1.82, 2.24) is 0 Å². The van der Waals surface area contributed by atoms with Crippen LogP contribution in [0.2, 0.25) is 0 Å². The molecule has 1 aromatic rings. The molecule has 0 unspecified atom stereocenters. The Morgan fingerprint density at radius 2 is 2.29 bits per heavy atom. The van der Waals surface area contributed by atoms with Crippen LogP contribution in [0.3, 0.4) is 0 Å². The van der Waals surface area contributed by atoms with Crippen molar-refractivity contribution in [2.45, 2.75) is 25.6 Å². The molecule has 0 amide bonds. The summed E-state index contributed by atoms with van der Waals surface area (Å²) in [6.45, 7) is 1.56. The van der Waals surface area contributed by atoms with Gasteiger partial charge in [-0.1, -0.05) is 0 Å². The molecule has 0 aliphatic heterocycles. The van der Waals surface area contributed by atoms with Crippen LogP contribution in [0.1, 0.15) is 17.7 Å². The molecule has 0 radical (unpaired) electrons. The van der Waals surface area contributed by atoms with E-state index in [4.69, 9.17) is 10.5 Å². The largest absolute Gasteiger partial charge is 0.373 e. The normalized spacial score (nSPS) is 26.1. The van der Waals surface area contributed by atoms with Crippen molar-refractivity contribution in [2.24, 2.45) is 11.7 Å². The summed E-state index contributed by atoms with van der Waals surface area (Å²) in [5, 5.41) is 0. The van der Waals surface area contributed by atoms with Gasteiger partial charge in [-0.25, -0.2) is 0 Å². The first-order valence-corrected chi connectivity index (χ1v) is 6.44. The van der Waals surface area contributed by atoms with Gasteiger partial charge in [-0.05, 0) is 53.4 Å². The van der Waals surface area contributed by atoms with Gasteiger partial charge in [0.2, 0.25) is 0 Å². The summed E-state index contributed by atoms with van der Waals surface area (Å²) in [7, 11) is 0. The second-order valence-corrected chi connectivity index (χ2v) is 6.26. The molecule has 78 valence electrons. The highest BCUT2D eigenvalue weighted by Gasteiger charge is 2.28. The van der Waals surface area contributed by atoms with Crippen LogP contribution in [-0.4, -0.2) is 12.6 Å². The van der Waals surface area contributed by atoms with Gasteiger partial charge in [0.25, 0.3) is 0 Å². The lowest BCUT2D eigenvalue weighted by Crippen LogP contribution is -2.35. The van der Waals surface area contributed by atoms with Crippen LogP contribution in [0.15, 0.2) is 15.9 Å². The topological polar surface area (TPSA) is 35.2 Å². The van der Waals surface area contributed by atoms with Crippen LogP contribution >= 0.6 is 27.3 Å². The second-order valence-electron chi connectivity index (χ2n) is 3.71. The monoisotopic (exact) mass is 275 g/mol. The van der Waals surface area contributed by atoms with Crippen LogP contribution in [-0.2, 0) is 11.3 Å². The lowest BCUT2D eigenvalue weighted by molar-refractivity contribution is -0.0365. The maximum Gasteiger partial charge on any atom is 0.0813 e. The van der Waals surface area contributed by atoms with E-state index >= 15 is 0 Å². The summed E-state index contributed by atoms with van der Waals surface area (Å²) in [5.41, 5.74) is 5.55. The van der Waals surface area contributed by atoms with E-state index in [1.165, 1.54) is 8.66 Å². The number of hydrogen-bond donors (Lipinski definition) is 1. The second kappa shape index (κ2) is 4.75. The van der Waals surface area contributed by atoms with E-state index in [1.54, 1.807) is 11.3 Å². The van der Waals surface area contributed by atoms with Crippen molar-refractivity contribution in [1.29, 1.82) is 0 Å². The minimum Gasteiger partial charge on any atom is -0.373 e. The van der Waals surface area contributed by atoms with E-state index < -0.39 is 0 Å². The summed E-state index contributed by atoms with van der Waals surface area (Å²) in [6, 6.07) is 4.17. The van der Waals surface area contributed by atoms with Crippen LogP contribution < -0.4 is 5.73 Å². The Bertz CT molecular complexity index is 296. The molecule has 1 saturated carbocycles. The Balaban J connectivity index is 1.69. The lowest BCUT2D eigenvalue weighted by Gasteiger charge is -2.34. The molecule has 2 rings (SSSR count). The predicted molar refractivity (Wildman–Crippen MR) is 62.4 cm³/mol. The summed E-state index contributed by atoms with van der Waals surface area (Å²) < 4.78 is 6.91. The Hall–Kier alpha value is 0.1000. The van der Waals surface area contributed by atoms with E-state index in [2.05, 4.69) is 28.1 Å². The summed E-state index contributed by atoms with van der Waals surface area (Å²) in [4.78, 5) is 1.29. The van der Waals surface area contributed by atoms with Gasteiger partial charge in [0.1, 0.15) is 0 Å². The maximum atomic E-state index is 5.74. The highest BCUT2D eigenvalue weighted by molar-refractivity contribution is 9.11. The van der Waals surface area contributed by atoms with Gasteiger partial charge < -0.3 is 10.5 Å². The lowest BCUT2D eigenvalue weighted by atomic mass is 9.82. The average molecular weight is 276 g/mol. The quantitative estimate of drug-likeness (QED) is 0.917. The fraction of sp³-hybridized carbons (Fsp3) is 0.600. The molecule has 14 heavy (non-hydrogen) atoms. The number of nitrogens with two attached hydrogens (primary N) is 1.